The van der Waals surface area contributed by atoms with Gasteiger partial charge in [-0.2, -0.15) is 0 Å². The number of rotatable bonds is 4. The number of amides is 1. The van der Waals surface area contributed by atoms with Crippen molar-refractivity contribution in [1.29, 1.82) is 0 Å². The van der Waals surface area contributed by atoms with Crippen molar-refractivity contribution in [2.75, 3.05) is 0 Å². The average Bonchev–Trinajstić information content (AvgIpc) is 1.98. The molecule has 0 bridgehead atoms. The summed E-state index contributed by atoms with van der Waals surface area (Å²) in [4.78, 5) is 22.0. The summed E-state index contributed by atoms with van der Waals surface area (Å²) in [5.41, 5.74) is 5.09. The zero-order valence-electron chi connectivity index (χ0n) is 9.70. The van der Waals surface area contributed by atoms with Crippen LogP contribution in [0.3, 0.4) is 0 Å². The Morgan fingerprint density at radius 2 is 1.87 bits per heavy atom. The Hall–Kier alpha value is -1.10. The Kier molecular flexibility index (Phi) is 4.74. The SMILES string of the molecule is CC(CC(=O)NC(C)(C)C)[C@H](N)C(=O)O. The van der Waals surface area contributed by atoms with Crippen LogP contribution in [0, 0.1) is 5.92 Å². The number of hydrogen-bond acceptors (Lipinski definition) is 3. The van der Waals surface area contributed by atoms with E-state index in [0.29, 0.717) is 0 Å². The first-order valence-electron chi connectivity index (χ1n) is 4.93. The Balaban J connectivity index is 4.13. The van der Waals surface area contributed by atoms with E-state index >= 15 is 0 Å². The number of hydrogen-bond donors (Lipinski definition) is 3. The minimum absolute atomic E-state index is 0.130. The van der Waals surface area contributed by atoms with Gasteiger partial charge in [0.15, 0.2) is 0 Å². The third-order valence-corrected chi connectivity index (χ3v) is 1.92. The van der Waals surface area contributed by atoms with Crippen LogP contribution in [0.1, 0.15) is 34.1 Å². The van der Waals surface area contributed by atoms with Gasteiger partial charge in [-0.15, -0.1) is 0 Å². The van der Waals surface area contributed by atoms with E-state index in [1.54, 1.807) is 6.92 Å². The minimum atomic E-state index is -1.08. The lowest BCUT2D eigenvalue weighted by atomic mass is 9.98. The second-order valence-electron chi connectivity index (χ2n) is 4.84. The molecule has 0 aromatic heterocycles. The molecule has 0 aliphatic rings. The van der Waals surface area contributed by atoms with Gasteiger partial charge in [0, 0.05) is 12.0 Å². The van der Waals surface area contributed by atoms with Gasteiger partial charge < -0.3 is 16.2 Å². The first kappa shape index (κ1) is 13.9. The van der Waals surface area contributed by atoms with Crippen LogP contribution in [-0.2, 0) is 9.59 Å². The molecule has 0 radical (unpaired) electrons. The highest BCUT2D eigenvalue weighted by atomic mass is 16.4. The highest BCUT2D eigenvalue weighted by Gasteiger charge is 2.23. The van der Waals surface area contributed by atoms with E-state index in [1.807, 2.05) is 20.8 Å². The Bertz CT molecular complexity index is 246. The number of carbonyl (C=O) groups excluding carboxylic acids is 1. The van der Waals surface area contributed by atoms with Crippen molar-refractivity contribution in [1.82, 2.24) is 5.32 Å². The molecule has 0 heterocycles. The fraction of sp³-hybridized carbons (Fsp3) is 0.800. The quantitative estimate of drug-likeness (QED) is 0.631. The molecule has 0 aromatic carbocycles. The molecule has 4 N–H and O–H groups in total. The summed E-state index contributed by atoms with van der Waals surface area (Å²) in [7, 11) is 0. The molecule has 0 fully saturated rings. The molecule has 0 saturated carbocycles. The van der Waals surface area contributed by atoms with Gasteiger partial charge in [-0.05, 0) is 26.7 Å². The lowest BCUT2D eigenvalue weighted by molar-refractivity contribution is -0.140. The van der Waals surface area contributed by atoms with Gasteiger partial charge in [-0.3, -0.25) is 9.59 Å². The molecule has 15 heavy (non-hydrogen) atoms. The van der Waals surface area contributed by atoms with E-state index in [4.69, 9.17) is 10.8 Å². The van der Waals surface area contributed by atoms with Crippen molar-refractivity contribution in [3.05, 3.63) is 0 Å². The Morgan fingerprint density at radius 1 is 1.40 bits per heavy atom. The molecular weight excluding hydrogens is 196 g/mol. The lowest BCUT2D eigenvalue weighted by Gasteiger charge is -2.22. The summed E-state index contributed by atoms with van der Waals surface area (Å²) < 4.78 is 0. The summed E-state index contributed by atoms with van der Waals surface area (Å²) in [6.07, 6.45) is 0.130. The average molecular weight is 216 g/mol. The molecule has 0 spiro atoms. The molecule has 5 heteroatoms. The first-order valence-corrected chi connectivity index (χ1v) is 4.93. The van der Waals surface area contributed by atoms with Crippen LogP contribution in [0.2, 0.25) is 0 Å². The fourth-order valence-electron chi connectivity index (χ4n) is 1.13. The number of aliphatic carboxylic acids is 1. The van der Waals surface area contributed by atoms with Gasteiger partial charge in [0.1, 0.15) is 6.04 Å². The highest BCUT2D eigenvalue weighted by molar-refractivity contribution is 5.79. The predicted octanol–water partition coefficient (Wildman–Crippen LogP) is 0.339. The van der Waals surface area contributed by atoms with Crippen LogP contribution in [-0.4, -0.2) is 28.6 Å². The molecule has 0 aliphatic heterocycles. The van der Waals surface area contributed by atoms with E-state index in [1.165, 1.54) is 0 Å². The van der Waals surface area contributed by atoms with E-state index in [2.05, 4.69) is 5.32 Å². The van der Waals surface area contributed by atoms with Crippen LogP contribution < -0.4 is 11.1 Å². The number of carbonyl (C=O) groups is 2. The van der Waals surface area contributed by atoms with Crippen molar-refractivity contribution in [3.63, 3.8) is 0 Å². The number of carboxylic acid groups (broad SMARTS) is 1. The maximum Gasteiger partial charge on any atom is 0.320 e. The lowest BCUT2D eigenvalue weighted by Crippen LogP contribution is -2.44. The summed E-state index contributed by atoms with van der Waals surface area (Å²) in [6, 6.07) is -0.990. The van der Waals surface area contributed by atoms with Gasteiger partial charge in [0.25, 0.3) is 0 Å². The highest BCUT2D eigenvalue weighted by Crippen LogP contribution is 2.08. The van der Waals surface area contributed by atoms with Gasteiger partial charge in [-0.1, -0.05) is 6.92 Å². The topological polar surface area (TPSA) is 92.4 Å². The van der Waals surface area contributed by atoms with Crippen LogP contribution in [0.5, 0.6) is 0 Å². The van der Waals surface area contributed by atoms with Crippen molar-refractivity contribution < 1.29 is 14.7 Å². The summed E-state index contributed by atoms with van der Waals surface area (Å²) in [6.45, 7) is 7.26. The standard InChI is InChI=1S/C10H20N2O3/c1-6(8(11)9(14)15)5-7(13)12-10(2,3)4/h6,8H,5,11H2,1-4H3,(H,12,13)(H,14,15)/t6?,8-/m0/s1. The monoisotopic (exact) mass is 216 g/mol. The van der Waals surface area contributed by atoms with Gasteiger partial charge >= 0.3 is 5.97 Å². The largest absolute Gasteiger partial charge is 0.480 e. The molecule has 0 aliphatic carbocycles. The molecule has 5 nitrogen and oxygen atoms in total. The van der Waals surface area contributed by atoms with Crippen LogP contribution in [0.25, 0.3) is 0 Å². The molecule has 88 valence electrons. The third kappa shape index (κ3) is 6.06. The smallest absolute Gasteiger partial charge is 0.320 e. The van der Waals surface area contributed by atoms with E-state index < -0.39 is 12.0 Å². The predicted molar refractivity (Wildman–Crippen MR) is 57.3 cm³/mol. The molecule has 1 unspecified atom stereocenters. The van der Waals surface area contributed by atoms with E-state index in [0.717, 1.165) is 0 Å². The second kappa shape index (κ2) is 5.11. The van der Waals surface area contributed by atoms with Crippen molar-refractivity contribution in [2.45, 2.75) is 45.7 Å². The van der Waals surface area contributed by atoms with Gasteiger partial charge in [0.2, 0.25) is 5.91 Å². The minimum Gasteiger partial charge on any atom is -0.480 e. The van der Waals surface area contributed by atoms with Crippen molar-refractivity contribution in [2.24, 2.45) is 11.7 Å². The summed E-state index contributed by atoms with van der Waals surface area (Å²) in [5, 5.41) is 11.4. The van der Waals surface area contributed by atoms with Crippen LogP contribution in [0.15, 0.2) is 0 Å². The molecule has 0 rings (SSSR count). The number of nitrogens with one attached hydrogen (secondary N) is 1. The zero-order valence-corrected chi connectivity index (χ0v) is 9.70. The van der Waals surface area contributed by atoms with Crippen LogP contribution in [0.4, 0.5) is 0 Å². The van der Waals surface area contributed by atoms with Crippen molar-refractivity contribution >= 4 is 11.9 Å². The first-order chi connectivity index (χ1) is 6.63. The summed E-state index contributed by atoms with van der Waals surface area (Å²) >= 11 is 0. The van der Waals surface area contributed by atoms with Gasteiger partial charge in [0.05, 0.1) is 0 Å². The summed E-state index contributed by atoms with van der Waals surface area (Å²) in [5.74, 6) is -1.62. The molecular formula is C10H20N2O3. The van der Waals surface area contributed by atoms with E-state index in [9.17, 15) is 9.59 Å². The van der Waals surface area contributed by atoms with Gasteiger partial charge in [-0.25, -0.2) is 0 Å². The molecule has 0 saturated heterocycles. The zero-order chi connectivity index (χ0) is 12.2. The Morgan fingerprint density at radius 3 is 2.20 bits per heavy atom. The van der Waals surface area contributed by atoms with Crippen LogP contribution >= 0.6 is 0 Å². The molecule has 0 aromatic rings. The number of carboxylic acids is 1. The molecule has 2 atom stereocenters. The second-order valence-corrected chi connectivity index (χ2v) is 4.84. The normalized spacial score (nSPS) is 15.5. The third-order valence-electron chi connectivity index (χ3n) is 1.92. The molecule has 1 amide bonds. The Labute approximate surface area is 90.0 Å². The number of nitrogens with two attached hydrogens (primary N) is 1. The maximum absolute atomic E-state index is 11.4. The van der Waals surface area contributed by atoms with E-state index in [-0.39, 0.29) is 23.8 Å². The maximum atomic E-state index is 11.4. The fourth-order valence-corrected chi connectivity index (χ4v) is 1.13. The van der Waals surface area contributed by atoms with Crippen molar-refractivity contribution in [3.8, 4) is 0 Å².